The molecule has 0 saturated carbocycles. The highest BCUT2D eigenvalue weighted by atomic mass is 15.3. The summed E-state index contributed by atoms with van der Waals surface area (Å²) in [7, 11) is 0. The minimum absolute atomic E-state index is 1.05. The first-order valence-electron chi connectivity index (χ1n) is 6.70. The highest BCUT2D eigenvalue weighted by molar-refractivity contribution is 6.07. The number of hydrogen-bond donors (Lipinski definition) is 0. The van der Waals surface area contributed by atoms with E-state index in [1.165, 1.54) is 48.9 Å². The molecule has 1 aromatic carbocycles. The summed E-state index contributed by atoms with van der Waals surface area (Å²) in [6.07, 6.45) is 7.63. The van der Waals surface area contributed by atoms with Gasteiger partial charge in [-0.1, -0.05) is 44.7 Å². The smallest absolute Gasteiger partial charge is 0.0950 e. The van der Waals surface area contributed by atoms with Crippen molar-refractivity contribution in [2.75, 3.05) is 0 Å². The maximum absolute atomic E-state index is 4.32. The SMILES string of the molecule is CCCCCCCC1=N[N]c2cccc(C)c21. The van der Waals surface area contributed by atoms with Crippen LogP contribution in [0.25, 0.3) is 0 Å². The zero-order valence-corrected chi connectivity index (χ0v) is 10.9. The first kappa shape index (κ1) is 12.2. The molecule has 0 unspecified atom stereocenters. The van der Waals surface area contributed by atoms with Crippen molar-refractivity contribution in [3.05, 3.63) is 29.3 Å². The second kappa shape index (κ2) is 5.85. The third-order valence-corrected chi connectivity index (χ3v) is 3.33. The summed E-state index contributed by atoms with van der Waals surface area (Å²) in [5, 5.41) is 4.32. The highest BCUT2D eigenvalue weighted by Crippen LogP contribution is 2.27. The first-order chi connectivity index (χ1) is 8.33. The minimum atomic E-state index is 1.05. The molecular formula is C15H21N2. The highest BCUT2D eigenvalue weighted by Gasteiger charge is 2.18. The Morgan fingerprint density at radius 1 is 1.06 bits per heavy atom. The normalized spacial score (nSPS) is 13.2. The zero-order valence-electron chi connectivity index (χ0n) is 10.9. The Balaban J connectivity index is 1.89. The molecule has 2 rings (SSSR count). The van der Waals surface area contributed by atoms with E-state index in [1.807, 2.05) is 0 Å². The molecule has 0 bridgehead atoms. The van der Waals surface area contributed by atoms with Crippen LogP contribution in [0.15, 0.2) is 23.3 Å². The van der Waals surface area contributed by atoms with Crippen LogP contribution < -0.4 is 5.43 Å². The number of hydrogen-bond acceptors (Lipinski definition) is 1. The van der Waals surface area contributed by atoms with E-state index in [9.17, 15) is 0 Å². The van der Waals surface area contributed by atoms with Crippen LogP contribution in [0.3, 0.4) is 0 Å². The van der Waals surface area contributed by atoms with Gasteiger partial charge < -0.3 is 0 Å². The van der Waals surface area contributed by atoms with Gasteiger partial charge in [-0.15, -0.1) is 0 Å². The maximum Gasteiger partial charge on any atom is 0.0950 e. The van der Waals surface area contributed by atoms with Crippen molar-refractivity contribution in [1.82, 2.24) is 5.43 Å². The molecule has 1 heterocycles. The van der Waals surface area contributed by atoms with Gasteiger partial charge >= 0.3 is 0 Å². The Kier molecular flexibility index (Phi) is 4.18. The predicted molar refractivity (Wildman–Crippen MR) is 72.9 cm³/mol. The van der Waals surface area contributed by atoms with Crippen LogP contribution in [0.5, 0.6) is 0 Å². The van der Waals surface area contributed by atoms with E-state index in [0.29, 0.717) is 0 Å². The summed E-state index contributed by atoms with van der Waals surface area (Å²) in [5.74, 6) is 0. The van der Waals surface area contributed by atoms with Crippen molar-refractivity contribution in [2.24, 2.45) is 5.10 Å². The van der Waals surface area contributed by atoms with E-state index < -0.39 is 0 Å². The van der Waals surface area contributed by atoms with Crippen molar-refractivity contribution >= 4 is 11.4 Å². The third kappa shape index (κ3) is 2.87. The van der Waals surface area contributed by atoms with Crippen molar-refractivity contribution in [1.29, 1.82) is 0 Å². The Labute approximate surface area is 104 Å². The largest absolute Gasteiger partial charge is 0.154 e. The van der Waals surface area contributed by atoms with Crippen LogP contribution in [-0.2, 0) is 0 Å². The molecule has 1 radical (unpaired) electrons. The Hall–Kier alpha value is -1.31. The van der Waals surface area contributed by atoms with Gasteiger partial charge in [0, 0.05) is 5.56 Å². The molecule has 0 N–H and O–H groups in total. The van der Waals surface area contributed by atoms with Gasteiger partial charge in [-0.2, -0.15) is 10.5 Å². The quantitative estimate of drug-likeness (QED) is 0.650. The monoisotopic (exact) mass is 229 g/mol. The standard InChI is InChI=1S/C15H21N2/c1-3-4-5-6-7-10-13-15-12(2)9-8-11-14(15)17-16-13/h8-9,11H,3-7,10H2,1-2H3. The van der Waals surface area contributed by atoms with Gasteiger partial charge in [-0.05, 0) is 31.4 Å². The summed E-state index contributed by atoms with van der Waals surface area (Å²) < 4.78 is 0. The van der Waals surface area contributed by atoms with Crippen LogP contribution in [0, 0.1) is 6.92 Å². The number of unbranched alkanes of at least 4 members (excludes halogenated alkanes) is 4. The van der Waals surface area contributed by atoms with Gasteiger partial charge in [-0.3, -0.25) is 0 Å². The molecule has 0 atom stereocenters. The van der Waals surface area contributed by atoms with E-state index in [2.05, 4.69) is 42.6 Å². The van der Waals surface area contributed by atoms with E-state index in [1.54, 1.807) is 0 Å². The Morgan fingerprint density at radius 2 is 1.88 bits per heavy atom. The van der Waals surface area contributed by atoms with Gasteiger partial charge in [0.2, 0.25) is 0 Å². The van der Waals surface area contributed by atoms with E-state index in [4.69, 9.17) is 0 Å². The molecule has 17 heavy (non-hydrogen) atoms. The van der Waals surface area contributed by atoms with Crippen molar-refractivity contribution in [3.63, 3.8) is 0 Å². The van der Waals surface area contributed by atoms with E-state index in [0.717, 1.165) is 12.1 Å². The molecule has 0 aromatic heterocycles. The first-order valence-corrected chi connectivity index (χ1v) is 6.70. The van der Waals surface area contributed by atoms with Crippen LogP contribution >= 0.6 is 0 Å². The van der Waals surface area contributed by atoms with Crippen molar-refractivity contribution < 1.29 is 0 Å². The summed E-state index contributed by atoms with van der Waals surface area (Å²) in [6, 6.07) is 6.25. The van der Waals surface area contributed by atoms with Gasteiger partial charge in [0.25, 0.3) is 0 Å². The average molecular weight is 229 g/mol. The molecule has 0 saturated heterocycles. The maximum atomic E-state index is 4.32. The molecule has 0 aliphatic carbocycles. The number of rotatable bonds is 6. The fourth-order valence-corrected chi connectivity index (χ4v) is 2.35. The molecule has 0 fully saturated rings. The van der Waals surface area contributed by atoms with Gasteiger partial charge in [0.05, 0.1) is 11.4 Å². The molecule has 1 aliphatic heterocycles. The van der Waals surface area contributed by atoms with Gasteiger partial charge in [0.15, 0.2) is 0 Å². The second-order valence-corrected chi connectivity index (χ2v) is 4.78. The molecule has 1 aromatic rings. The number of aryl methyl sites for hydroxylation is 1. The van der Waals surface area contributed by atoms with Gasteiger partial charge in [-0.25, -0.2) is 0 Å². The summed E-state index contributed by atoms with van der Waals surface area (Å²) in [4.78, 5) is 0. The van der Waals surface area contributed by atoms with Crippen LogP contribution in [0.4, 0.5) is 5.69 Å². The molecular weight excluding hydrogens is 208 g/mol. The third-order valence-electron chi connectivity index (χ3n) is 3.33. The lowest BCUT2D eigenvalue weighted by Crippen LogP contribution is -1.99. The summed E-state index contributed by atoms with van der Waals surface area (Å²) in [5.41, 5.74) is 9.07. The zero-order chi connectivity index (χ0) is 12.1. The predicted octanol–water partition coefficient (Wildman–Crippen LogP) is 4.31. The summed E-state index contributed by atoms with van der Waals surface area (Å²) >= 11 is 0. The molecule has 0 amide bonds. The number of benzene rings is 1. The second-order valence-electron chi connectivity index (χ2n) is 4.78. The fourth-order valence-electron chi connectivity index (χ4n) is 2.35. The van der Waals surface area contributed by atoms with E-state index >= 15 is 0 Å². The lowest BCUT2D eigenvalue weighted by atomic mass is 9.98. The van der Waals surface area contributed by atoms with Crippen LogP contribution in [0.1, 0.15) is 56.6 Å². The van der Waals surface area contributed by atoms with Gasteiger partial charge in [0.1, 0.15) is 0 Å². The average Bonchev–Trinajstić information content (AvgIpc) is 2.74. The number of nitrogens with zero attached hydrogens (tertiary/aromatic N) is 2. The molecule has 1 aliphatic rings. The van der Waals surface area contributed by atoms with Crippen molar-refractivity contribution in [2.45, 2.75) is 52.4 Å². The molecule has 2 nitrogen and oxygen atoms in total. The van der Waals surface area contributed by atoms with Crippen molar-refractivity contribution in [3.8, 4) is 0 Å². The minimum Gasteiger partial charge on any atom is -0.154 e. The van der Waals surface area contributed by atoms with Crippen LogP contribution in [0.2, 0.25) is 0 Å². The van der Waals surface area contributed by atoms with E-state index in [-0.39, 0.29) is 0 Å². The topological polar surface area (TPSA) is 26.5 Å². The fraction of sp³-hybridized carbons (Fsp3) is 0.533. The Bertz CT molecular complexity index is 407. The number of fused-ring (bicyclic) bond motifs is 1. The lowest BCUT2D eigenvalue weighted by molar-refractivity contribution is 0.643. The molecule has 0 spiro atoms. The molecule has 91 valence electrons. The summed E-state index contributed by atoms with van der Waals surface area (Å²) in [6.45, 7) is 4.39. The Morgan fingerprint density at radius 3 is 2.71 bits per heavy atom. The lowest BCUT2D eigenvalue weighted by Gasteiger charge is -2.05. The van der Waals surface area contributed by atoms with Crippen LogP contribution in [-0.4, -0.2) is 5.71 Å². The molecule has 2 heteroatoms.